The fourth-order valence-corrected chi connectivity index (χ4v) is 3.67. The van der Waals surface area contributed by atoms with E-state index < -0.39 is 11.5 Å². The number of benzene rings is 1. The van der Waals surface area contributed by atoms with Crippen molar-refractivity contribution in [3.63, 3.8) is 0 Å². The monoisotopic (exact) mass is 421 g/mol. The summed E-state index contributed by atoms with van der Waals surface area (Å²) in [5, 5.41) is 0. The Kier molecular flexibility index (Phi) is 6.74. The average Bonchev–Trinajstić information content (AvgIpc) is 3.48. The predicted molar refractivity (Wildman–Crippen MR) is 111 cm³/mol. The molecule has 0 saturated heterocycles. The van der Waals surface area contributed by atoms with Crippen LogP contribution in [-0.2, 0) is 4.87 Å². The molecule has 29 heavy (non-hydrogen) atoms. The van der Waals surface area contributed by atoms with Gasteiger partial charge in [0.15, 0.2) is 11.5 Å². The summed E-state index contributed by atoms with van der Waals surface area (Å²) in [6.07, 6.45) is 8.33. The van der Waals surface area contributed by atoms with Crippen LogP contribution in [0.4, 0.5) is 8.78 Å². The SMILES string of the molecule is CC#CC(Cl)(CN1C(C)=CC=CC1C)c1ccc(OC(F)F)c(OCC2CC2)c1. The Morgan fingerprint density at radius 1 is 1.31 bits per heavy atom. The van der Waals surface area contributed by atoms with Gasteiger partial charge in [0, 0.05) is 11.7 Å². The van der Waals surface area contributed by atoms with Crippen molar-refractivity contribution in [3.05, 3.63) is 47.7 Å². The number of rotatable bonds is 8. The van der Waals surface area contributed by atoms with E-state index >= 15 is 0 Å². The Morgan fingerprint density at radius 2 is 2.07 bits per heavy atom. The summed E-state index contributed by atoms with van der Waals surface area (Å²) in [6, 6.07) is 5.02. The molecule has 0 N–H and O–H groups in total. The number of halogens is 3. The van der Waals surface area contributed by atoms with E-state index in [1.807, 2.05) is 19.1 Å². The zero-order chi connectivity index (χ0) is 21.0. The van der Waals surface area contributed by atoms with Crippen molar-refractivity contribution in [1.29, 1.82) is 0 Å². The fraction of sp³-hybridized carbons (Fsp3) is 0.478. The predicted octanol–water partition coefficient (Wildman–Crippen LogP) is 5.70. The number of ether oxygens (including phenoxy) is 2. The molecule has 6 heteroatoms. The summed E-state index contributed by atoms with van der Waals surface area (Å²) in [5.74, 6) is 6.78. The van der Waals surface area contributed by atoms with E-state index in [1.165, 1.54) is 6.07 Å². The van der Waals surface area contributed by atoms with Crippen LogP contribution in [0.5, 0.6) is 11.5 Å². The maximum Gasteiger partial charge on any atom is 0.387 e. The molecule has 3 nitrogen and oxygen atoms in total. The second-order valence-corrected chi connectivity index (χ2v) is 8.18. The largest absolute Gasteiger partial charge is 0.489 e. The summed E-state index contributed by atoms with van der Waals surface area (Å²) in [4.78, 5) is 1.15. The van der Waals surface area contributed by atoms with Crippen LogP contribution in [0.15, 0.2) is 42.1 Å². The zero-order valence-corrected chi connectivity index (χ0v) is 17.7. The van der Waals surface area contributed by atoms with Crippen LogP contribution >= 0.6 is 11.6 Å². The van der Waals surface area contributed by atoms with Crippen molar-refractivity contribution in [2.24, 2.45) is 5.92 Å². The molecule has 2 unspecified atom stereocenters. The Labute approximate surface area is 176 Å². The van der Waals surface area contributed by atoms with Gasteiger partial charge in [-0.1, -0.05) is 35.7 Å². The maximum atomic E-state index is 12.8. The van der Waals surface area contributed by atoms with Gasteiger partial charge in [0.2, 0.25) is 0 Å². The highest BCUT2D eigenvalue weighted by molar-refractivity contribution is 6.26. The number of alkyl halides is 3. The molecule has 0 amide bonds. The molecule has 0 spiro atoms. The lowest BCUT2D eigenvalue weighted by molar-refractivity contribution is -0.0515. The number of hydrogen-bond donors (Lipinski definition) is 0. The summed E-state index contributed by atoms with van der Waals surface area (Å²) in [5.41, 5.74) is 1.78. The van der Waals surface area contributed by atoms with Crippen molar-refractivity contribution in [1.82, 2.24) is 4.90 Å². The Bertz CT molecular complexity index is 854. The van der Waals surface area contributed by atoms with E-state index in [1.54, 1.807) is 19.1 Å². The standard InChI is InChI=1S/C23H26ClF2NO2/c1-4-12-23(24,15-27-16(2)6-5-7-17(27)3)19-10-11-20(29-22(25)26)21(13-19)28-14-18-8-9-18/h5-7,10-11,13,16,18,22H,8-9,14-15H2,1-3H3. The van der Waals surface area contributed by atoms with E-state index in [2.05, 4.69) is 34.5 Å². The van der Waals surface area contributed by atoms with Crippen LogP contribution in [0.2, 0.25) is 0 Å². The molecule has 0 aromatic heterocycles. The normalized spacial score (nSPS) is 20.6. The van der Waals surface area contributed by atoms with Gasteiger partial charge in [0.25, 0.3) is 0 Å². The summed E-state index contributed by atoms with van der Waals surface area (Å²) < 4.78 is 36.1. The van der Waals surface area contributed by atoms with E-state index in [9.17, 15) is 8.78 Å². The second kappa shape index (κ2) is 9.09. The smallest absolute Gasteiger partial charge is 0.387 e. The van der Waals surface area contributed by atoms with E-state index in [0.29, 0.717) is 24.6 Å². The van der Waals surface area contributed by atoms with Gasteiger partial charge < -0.3 is 14.4 Å². The van der Waals surface area contributed by atoms with Crippen LogP contribution in [0.3, 0.4) is 0 Å². The summed E-state index contributed by atoms with van der Waals surface area (Å²) in [6.45, 7) is 3.86. The Morgan fingerprint density at radius 3 is 2.69 bits per heavy atom. The van der Waals surface area contributed by atoms with Crippen LogP contribution < -0.4 is 9.47 Å². The van der Waals surface area contributed by atoms with Crippen molar-refractivity contribution in [2.75, 3.05) is 13.2 Å². The first kappa shape index (κ1) is 21.5. The molecular weight excluding hydrogens is 396 g/mol. The number of hydrogen-bond acceptors (Lipinski definition) is 3. The van der Waals surface area contributed by atoms with Crippen LogP contribution in [0, 0.1) is 17.8 Å². The van der Waals surface area contributed by atoms with Crippen LogP contribution in [-0.4, -0.2) is 30.7 Å². The van der Waals surface area contributed by atoms with Crippen LogP contribution in [0.1, 0.15) is 39.2 Å². The lowest BCUT2D eigenvalue weighted by Crippen LogP contribution is -2.40. The van der Waals surface area contributed by atoms with Gasteiger partial charge in [-0.15, -0.1) is 5.92 Å². The van der Waals surface area contributed by atoms with Gasteiger partial charge >= 0.3 is 6.61 Å². The molecule has 0 bridgehead atoms. The molecule has 2 aliphatic rings. The second-order valence-electron chi connectivity index (χ2n) is 7.53. The minimum Gasteiger partial charge on any atom is -0.489 e. The van der Waals surface area contributed by atoms with Crippen molar-refractivity contribution in [2.45, 2.75) is 51.1 Å². The topological polar surface area (TPSA) is 21.7 Å². The first-order chi connectivity index (χ1) is 13.8. The minimum absolute atomic E-state index is 0.0122. The van der Waals surface area contributed by atoms with Gasteiger partial charge in [0.05, 0.1) is 13.2 Å². The third kappa shape index (κ3) is 5.45. The number of nitrogens with zero attached hydrogens (tertiary/aromatic N) is 1. The molecular formula is C23H26ClF2NO2. The highest BCUT2D eigenvalue weighted by Crippen LogP contribution is 2.39. The maximum absolute atomic E-state index is 12.8. The Hall–Kier alpha value is -2.19. The Balaban J connectivity index is 1.92. The van der Waals surface area contributed by atoms with E-state index in [4.69, 9.17) is 16.3 Å². The minimum atomic E-state index is -2.92. The quantitative estimate of drug-likeness (QED) is 0.397. The molecule has 1 fully saturated rings. The highest BCUT2D eigenvalue weighted by Gasteiger charge is 2.33. The fourth-order valence-electron chi connectivity index (χ4n) is 3.33. The van der Waals surface area contributed by atoms with Crippen LogP contribution in [0.25, 0.3) is 0 Å². The molecule has 3 rings (SSSR count). The first-order valence-corrected chi connectivity index (χ1v) is 10.2. The molecule has 0 radical (unpaired) electrons. The molecule has 1 heterocycles. The van der Waals surface area contributed by atoms with Gasteiger partial charge in [-0.05, 0) is 63.3 Å². The molecule has 1 saturated carbocycles. The molecule has 1 aliphatic carbocycles. The summed E-state index contributed by atoms with van der Waals surface area (Å²) >= 11 is 7.02. The van der Waals surface area contributed by atoms with E-state index in [-0.39, 0.29) is 17.5 Å². The van der Waals surface area contributed by atoms with Crippen molar-refractivity contribution >= 4 is 11.6 Å². The third-order valence-electron chi connectivity index (χ3n) is 5.17. The van der Waals surface area contributed by atoms with Crippen molar-refractivity contribution in [3.8, 4) is 23.3 Å². The molecule has 2 atom stereocenters. The molecule has 1 aliphatic heterocycles. The van der Waals surface area contributed by atoms with E-state index in [0.717, 1.165) is 18.5 Å². The third-order valence-corrected chi connectivity index (χ3v) is 5.60. The van der Waals surface area contributed by atoms with Gasteiger partial charge in [-0.2, -0.15) is 8.78 Å². The highest BCUT2D eigenvalue weighted by atomic mass is 35.5. The van der Waals surface area contributed by atoms with Gasteiger partial charge in [-0.3, -0.25) is 0 Å². The molecule has 1 aromatic rings. The van der Waals surface area contributed by atoms with Gasteiger partial charge in [-0.25, -0.2) is 0 Å². The number of allylic oxidation sites excluding steroid dienone is 3. The average molecular weight is 422 g/mol. The van der Waals surface area contributed by atoms with Crippen molar-refractivity contribution < 1.29 is 18.3 Å². The zero-order valence-electron chi connectivity index (χ0n) is 16.9. The molecule has 156 valence electrons. The lowest BCUT2D eigenvalue weighted by Gasteiger charge is -2.37. The summed E-state index contributed by atoms with van der Waals surface area (Å²) in [7, 11) is 0. The molecule has 1 aromatic carbocycles. The van der Waals surface area contributed by atoms with Gasteiger partial charge in [0.1, 0.15) is 4.87 Å². The first-order valence-electron chi connectivity index (χ1n) is 9.79. The lowest BCUT2D eigenvalue weighted by atomic mass is 9.95.